The van der Waals surface area contributed by atoms with Crippen molar-refractivity contribution in [3.05, 3.63) is 71.0 Å². The summed E-state index contributed by atoms with van der Waals surface area (Å²) in [6.45, 7) is 6.78. The van der Waals surface area contributed by atoms with Gasteiger partial charge in [-0.1, -0.05) is 48.0 Å². The molecule has 0 amide bonds. The number of halogens is 1. The fourth-order valence-corrected chi connectivity index (χ4v) is 2.69. The molecule has 1 aliphatic rings. The Morgan fingerprint density at radius 2 is 1.70 bits per heavy atom. The van der Waals surface area contributed by atoms with Gasteiger partial charge in [0.1, 0.15) is 5.82 Å². The van der Waals surface area contributed by atoms with Gasteiger partial charge >= 0.3 is 0 Å². The third-order valence-electron chi connectivity index (χ3n) is 4.14. The van der Waals surface area contributed by atoms with Crippen molar-refractivity contribution in [2.45, 2.75) is 13.5 Å². The van der Waals surface area contributed by atoms with Gasteiger partial charge in [-0.25, -0.2) is 4.39 Å². The molecule has 3 nitrogen and oxygen atoms in total. The van der Waals surface area contributed by atoms with Gasteiger partial charge < -0.3 is 0 Å². The lowest BCUT2D eigenvalue weighted by Gasteiger charge is -2.33. The van der Waals surface area contributed by atoms with Crippen molar-refractivity contribution in [2.24, 2.45) is 5.10 Å². The Bertz CT molecular complexity index is 659. The van der Waals surface area contributed by atoms with Gasteiger partial charge in [0.05, 0.1) is 6.21 Å². The quantitative estimate of drug-likeness (QED) is 0.807. The first-order valence-corrected chi connectivity index (χ1v) is 8.02. The monoisotopic (exact) mass is 311 g/mol. The highest BCUT2D eigenvalue weighted by atomic mass is 19.1. The molecular weight excluding hydrogens is 289 g/mol. The van der Waals surface area contributed by atoms with Crippen molar-refractivity contribution in [3.8, 4) is 0 Å². The Morgan fingerprint density at radius 3 is 2.39 bits per heavy atom. The second kappa shape index (κ2) is 7.38. The molecule has 0 saturated carbocycles. The van der Waals surface area contributed by atoms with Gasteiger partial charge in [0.25, 0.3) is 0 Å². The maximum Gasteiger partial charge on any atom is 0.132 e. The third kappa shape index (κ3) is 4.39. The summed E-state index contributed by atoms with van der Waals surface area (Å²) in [7, 11) is 0. The van der Waals surface area contributed by atoms with Gasteiger partial charge in [0.15, 0.2) is 0 Å². The first-order chi connectivity index (χ1) is 11.2. The summed E-state index contributed by atoms with van der Waals surface area (Å²) in [4.78, 5) is 2.43. The highest BCUT2D eigenvalue weighted by molar-refractivity contribution is 5.79. The molecule has 2 aromatic carbocycles. The predicted octanol–water partition coefficient (Wildman–Crippen LogP) is 3.29. The lowest BCUT2D eigenvalue weighted by molar-refractivity contribution is 0.131. The second-order valence-electron chi connectivity index (χ2n) is 5.98. The van der Waals surface area contributed by atoms with Gasteiger partial charge in [0.2, 0.25) is 0 Å². The molecule has 0 spiro atoms. The Morgan fingerprint density at radius 1 is 1.00 bits per heavy atom. The summed E-state index contributed by atoms with van der Waals surface area (Å²) in [5.74, 6) is -0.228. The van der Waals surface area contributed by atoms with Crippen LogP contribution in [-0.4, -0.2) is 42.3 Å². The molecule has 0 aliphatic carbocycles. The highest BCUT2D eigenvalue weighted by Crippen LogP contribution is 2.10. The molecule has 1 aliphatic heterocycles. The summed E-state index contributed by atoms with van der Waals surface area (Å²) in [5, 5.41) is 6.42. The zero-order valence-corrected chi connectivity index (χ0v) is 13.5. The minimum Gasteiger partial charge on any atom is -0.295 e. The van der Waals surface area contributed by atoms with E-state index in [2.05, 4.69) is 41.2 Å². The van der Waals surface area contributed by atoms with E-state index in [-0.39, 0.29) is 5.82 Å². The maximum atomic E-state index is 13.6. The van der Waals surface area contributed by atoms with Crippen LogP contribution in [0.1, 0.15) is 16.7 Å². The Hall–Kier alpha value is -2.20. The number of piperazine rings is 1. The SMILES string of the molecule is Cc1ccc(CN2CCN(N=Cc3ccccc3F)CC2)cc1. The van der Waals surface area contributed by atoms with Gasteiger partial charge in [0, 0.05) is 38.3 Å². The summed E-state index contributed by atoms with van der Waals surface area (Å²) in [6.07, 6.45) is 1.62. The molecule has 1 heterocycles. The molecule has 0 aromatic heterocycles. The smallest absolute Gasteiger partial charge is 0.132 e. The van der Waals surface area contributed by atoms with Crippen LogP contribution in [0.4, 0.5) is 4.39 Å². The Balaban J connectivity index is 1.50. The minimum absolute atomic E-state index is 0.228. The molecule has 0 unspecified atom stereocenters. The molecule has 120 valence electrons. The van der Waals surface area contributed by atoms with Crippen molar-refractivity contribution in [2.75, 3.05) is 26.2 Å². The highest BCUT2D eigenvalue weighted by Gasteiger charge is 2.15. The standard InChI is InChI=1S/C19H22FN3/c1-16-6-8-17(9-7-16)15-22-10-12-23(13-11-22)21-14-18-4-2-3-5-19(18)20/h2-9,14H,10-13,15H2,1H3. The number of aryl methyl sites for hydroxylation is 1. The molecule has 4 heteroatoms. The maximum absolute atomic E-state index is 13.6. The fraction of sp³-hybridized carbons (Fsp3) is 0.316. The lowest BCUT2D eigenvalue weighted by atomic mass is 10.1. The first kappa shape index (κ1) is 15.7. The Kier molecular flexibility index (Phi) is 5.03. The van der Waals surface area contributed by atoms with Crippen molar-refractivity contribution in [1.82, 2.24) is 9.91 Å². The normalized spacial score (nSPS) is 16.2. The molecule has 0 N–H and O–H groups in total. The van der Waals surface area contributed by atoms with Gasteiger partial charge in [-0.2, -0.15) is 5.10 Å². The van der Waals surface area contributed by atoms with Crippen LogP contribution < -0.4 is 0 Å². The lowest BCUT2D eigenvalue weighted by Crippen LogP contribution is -2.43. The van der Waals surface area contributed by atoms with E-state index in [9.17, 15) is 4.39 Å². The molecule has 2 aromatic rings. The van der Waals surface area contributed by atoms with Crippen molar-refractivity contribution in [1.29, 1.82) is 0 Å². The minimum atomic E-state index is -0.228. The zero-order valence-electron chi connectivity index (χ0n) is 13.5. The average Bonchev–Trinajstić information content (AvgIpc) is 2.58. The van der Waals surface area contributed by atoms with Gasteiger partial charge in [-0.3, -0.25) is 9.91 Å². The summed E-state index contributed by atoms with van der Waals surface area (Å²) >= 11 is 0. The number of benzene rings is 2. The van der Waals surface area contributed by atoms with Crippen LogP contribution in [0, 0.1) is 12.7 Å². The molecule has 3 rings (SSSR count). The summed E-state index contributed by atoms with van der Waals surface area (Å²) in [5.41, 5.74) is 3.18. The van der Waals surface area contributed by atoms with E-state index in [0.29, 0.717) is 5.56 Å². The molecule has 0 bridgehead atoms. The van der Waals surface area contributed by atoms with Crippen molar-refractivity contribution in [3.63, 3.8) is 0 Å². The van der Waals surface area contributed by atoms with Crippen LogP contribution >= 0.6 is 0 Å². The molecule has 0 atom stereocenters. The number of rotatable bonds is 4. The topological polar surface area (TPSA) is 18.8 Å². The zero-order chi connectivity index (χ0) is 16.1. The van der Waals surface area contributed by atoms with E-state index in [1.165, 1.54) is 17.2 Å². The molecular formula is C19H22FN3. The van der Waals surface area contributed by atoms with Crippen LogP contribution in [-0.2, 0) is 6.54 Å². The molecule has 1 saturated heterocycles. The van der Waals surface area contributed by atoms with Crippen LogP contribution in [0.2, 0.25) is 0 Å². The van der Waals surface area contributed by atoms with Gasteiger partial charge in [-0.15, -0.1) is 0 Å². The van der Waals surface area contributed by atoms with E-state index < -0.39 is 0 Å². The molecule has 1 fully saturated rings. The number of hydrazone groups is 1. The second-order valence-corrected chi connectivity index (χ2v) is 5.98. The molecule has 23 heavy (non-hydrogen) atoms. The van der Waals surface area contributed by atoms with E-state index in [1.807, 2.05) is 11.1 Å². The number of nitrogens with zero attached hydrogens (tertiary/aromatic N) is 3. The van der Waals surface area contributed by atoms with Crippen molar-refractivity contribution >= 4 is 6.21 Å². The first-order valence-electron chi connectivity index (χ1n) is 8.02. The van der Waals surface area contributed by atoms with E-state index in [1.54, 1.807) is 18.3 Å². The third-order valence-corrected chi connectivity index (χ3v) is 4.14. The fourth-order valence-electron chi connectivity index (χ4n) is 2.69. The van der Waals surface area contributed by atoms with Crippen LogP contribution in [0.3, 0.4) is 0 Å². The number of hydrogen-bond acceptors (Lipinski definition) is 3. The molecule has 0 radical (unpaired) electrons. The van der Waals surface area contributed by atoms with Crippen LogP contribution in [0.25, 0.3) is 0 Å². The Labute approximate surface area is 137 Å². The van der Waals surface area contributed by atoms with E-state index >= 15 is 0 Å². The van der Waals surface area contributed by atoms with Gasteiger partial charge in [-0.05, 0) is 18.6 Å². The largest absolute Gasteiger partial charge is 0.295 e. The predicted molar refractivity (Wildman–Crippen MR) is 92.0 cm³/mol. The van der Waals surface area contributed by atoms with Crippen molar-refractivity contribution < 1.29 is 4.39 Å². The van der Waals surface area contributed by atoms with E-state index in [4.69, 9.17) is 0 Å². The number of hydrogen-bond donors (Lipinski definition) is 0. The summed E-state index contributed by atoms with van der Waals surface area (Å²) < 4.78 is 13.6. The average molecular weight is 311 g/mol. The van der Waals surface area contributed by atoms with Crippen LogP contribution in [0.5, 0.6) is 0 Å². The summed E-state index contributed by atoms with van der Waals surface area (Å²) in [6, 6.07) is 15.4. The van der Waals surface area contributed by atoms with Crippen LogP contribution in [0.15, 0.2) is 53.6 Å². The van der Waals surface area contributed by atoms with E-state index in [0.717, 1.165) is 32.7 Å².